The Kier molecular flexibility index (Phi) is 11.6. The third kappa shape index (κ3) is 9.65. The zero-order valence-electron chi connectivity index (χ0n) is 17.7. The molecule has 0 saturated heterocycles. The van der Waals surface area contributed by atoms with E-state index in [1.165, 1.54) is 0 Å². The van der Waals surface area contributed by atoms with E-state index in [9.17, 15) is 34.2 Å². The Hall–Kier alpha value is -2.73. The normalized spacial score (nSPS) is 15.1. The van der Waals surface area contributed by atoms with E-state index in [2.05, 4.69) is 16.0 Å². The Morgan fingerprint density at radius 3 is 1.70 bits per heavy atom. The van der Waals surface area contributed by atoms with Crippen molar-refractivity contribution in [2.45, 2.75) is 64.7 Å². The summed E-state index contributed by atoms with van der Waals surface area (Å²) in [6.07, 6.45) is -0.423. The summed E-state index contributed by atoms with van der Waals surface area (Å²) in [5.41, 5.74) is 10.8. The first-order valence-corrected chi connectivity index (χ1v) is 9.58. The Balaban J connectivity index is 5.27. The molecule has 30 heavy (non-hydrogen) atoms. The molecule has 0 heterocycles. The van der Waals surface area contributed by atoms with Crippen LogP contribution in [-0.2, 0) is 24.0 Å². The zero-order chi connectivity index (χ0) is 23.6. The molecule has 4 atom stereocenters. The fraction of sp³-hybridized carbons (Fsp3) is 0.722. The molecule has 0 aromatic carbocycles. The summed E-state index contributed by atoms with van der Waals surface area (Å²) in [7, 11) is 0. The van der Waals surface area contributed by atoms with E-state index in [0.717, 1.165) is 0 Å². The highest BCUT2D eigenvalue weighted by Gasteiger charge is 2.31. The number of hydrogen-bond acceptors (Lipinski definition) is 7. The molecular formula is C18H33N5O7. The number of primary amides is 1. The highest BCUT2D eigenvalue weighted by atomic mass is 16.4. The number of rotatable bonds is 13. The average Bonchev–Trinajstić information content (AvgIpc) is 2.62. The summed E-state index contributed by atoms with van der Waals surface area (Å²) in [6, 6.07) is -5.09. The van der Waals surface area contributed by atoms with Crippen LogP contribution in [0.2, 0.25) is 0 Å². The molecule has 4 unspecified atom stereocenters. The van der Waals surface area contributed by atoms with Crippen LogP contribution in [0.5, 0.6) is 0 Å². The minimum Gasteiger partial charge on any atom is -0.480 e. The van der Waals surface area contributed by atoms with Crippen molar-refractivity contribution in [2.24, 2.45) is 23.3 Å². The van der Waals surface area contributed by atoms with Crippen LogP contribution in [0.4, 0.5) is 0 Å². The standard InChI is InChI=1S/C18H33N5O7/c1-8(2)5-11(18(29)30)22-16(27)12(7-24)23-15(26)10(6-13(19)25)21-17(28)14(20)9(3)4/h8-12,14,24H,5-7,20H2,1-4H3,(H2,19,25)(H,21,28)(H,22,27)(H,23,26)(H,29,30). The first kappa shape index (κ1) is 27.3. The Morgan fingerprint density at radius 2 is 1.30 bits per heavy atom. The predicted octanol–water partition coefficient (Wildman–Crippen LogP) is -2.58. The molecule has 4 amide bonds. The lowest BCUT2D eigenvalue weighted by molar-refractivity contribution is -0.143. The van der Waals surface area contributed by atoms with Crippen molar-refractivity contribution in [1.29, 1.82) is 0 Å². The lowest BCUT2D eigenvalue weighted by Gasteiger charge is -2.24. The maximum atomic E-state index is 12.5. The summed E-state index contributed by atoms with van der Waals surface area (Å²) in [5.74, 6) is -5.01. The van der Waals surface area contributed by atoms with Gasteiger partial charge in [-0.3, -0.25) is 19.2 Å². The van der Waals surface area contributed by atoms with Gasteiger partial charge in [-0.05, 0) is 18.3 Å². The predicted molar refractivity (Wildman–Crippen MR) is 107 cm³/mol. The fourth-order valence-electron chi connectivity index (χ4n) is 2.41. The molecule has 0 bridgehead atoms. The van der Waals surface area contributed by atoms with Crippen LogP contribution in [0.1, 0.15) is 40.5 Å². The van der Waals surface area contributed by atoms with Gasteiger partial charge in [0.05, 0.1) is 19.1 Å². The van der Waals surface area contributed by atoms with Gasteiger partial charge in [-0.15, -0.1) is 0 Å². The maximum absolute atomic E-state index is 12.5. The number of carbonyl (C=O) groups excluding carboxylic acids is 4. The van der Waals surface area contributed by atoms with Gasteiger partial charge in [-0.1, -0.05) is 27.7 Å². The number of carboxylic acids is 1. The Morgan fingerprint density at radius 1 is 0.833 bits per heavy atom. The molecule has 0 aromatic rings. The number of aliphatic hydroxyl groups excluding tert-OH is 1. The van der Waals surface area contributed by atoms with Gasteiger partial charge in [-0.2, -0.15) is 0 Å². The molecule has 0 saturated carbocycles. The monoisotopic (exact) mass is 431 g/mol. The van der Waals surface area contributed by atoms with Crippen LogP contribution in [0.3, 0.4) is 0 Å². The summed E-state index contributed by atoms with van der Waals surface area (Å²) >= 11 is 0. The molecule has 9 N–H and O–H groups in total. The average molecular weight is 431 g/mol. The smallest absolute Gasteiger partial charge is 0.326 e. The number of aliphatic carboxylic acids is 1. The second kappa shape index (κ2) is 12.8. The second-order valence-corrected chi connectivity index (χ2v) is 7.77. The molecular weight excluding hydrogens is 398 g/mol. The van der Waals surface area contributed by atoms with Gasteiger partial charge in [0.25, 0.3) is 0 Å². The van der Waals surface area contributed by atoms with Gasteiger partial charge in [0.15, 0.2) is 0 Å². The van der Waals surface area contributed by atoms with E-state index in [1.807, 2.05) is 0 Å². The van der Waals surface area contributed by atoms with Gasteiger partial charge in [0.1, 0.15) is 18.1 Å². The number of hydrogen-bond donors (Lipinski definition) is 7. The molecule has 0 fully saturated rings. The van der Waals surface area contributed by atoms with E-state index < -0.39 is 66.8 Å². The van der Waals surface area contributed by atoms with E-state index in [0.29, 0.717) is 0 Å². The summed E-state index contributed by atoms with van der Waals surface area (Å²) in [4.78, 5) is 59.5. The maximum Gasteiger partial charge on any atom is 0.326 e. The van der Waals surface area contributed by atoms with Crippen molar-refractivity contribution in [1.82, 2.24) is 16.0 Å². The fourth-order valence-corrected chi connectivity index (χ4v) is 2.41. The van der Waals surface area contributed by atoms with Crippen LogP contribution < -0.4 is 27.4 Å². The van der Waals surface area contributed by atoms with Crippen molar-refractivity contribution in [3.63, 3.8) is 0 Å². The zero-order valence-corrected chi connectivity index (χ0v) is 17.7. The minimum absolute atomic E-state index is 0.0334. The molecule has 0 aliphatic heterocycles. The largest absolute Gasteiger partial charge is 0.480 e. The number of nitrogens with one attached hydrogen (secondary N) is 3. The van der Waals surface area contributed by atoms with Crippen molar-refractivity contribution in [3.05, 3.63) is 0 Å². The third-order valence-electron chi connectivity index (χ3n) is 4.20. The van der Waals surface area contributed by atoms with Crippen LogP contribution in [0.25, 0.3) is 0 Å². The molecule has 0 aliphatic rings. The van der Waals surface area contributed by atoms with E-state index in [4.69, 9.17) is 11.5 Å². The van der Waals surface area contributed by atoms with Gasteiger partial charge >= 0.3 is 5.97 Å². The second-order valence-electron chi connectivity index (χ2n) is 7.77. The number of amides is 4. The molecule has 12 nitrogen and oxygen atoms in total. The van der Waals surface area contributed by atoms with Crippen molar-refractivity contribution < 1.29 is 34.2 Å². The number of carbonyl (C=O) groups is 5. The topological polar surface area (TPSA) is 214 Å². The highest BCUT2D eigenvalue weighted by molar-refractivity contribution is 5.96. The lowest BCUT2D eigenvalue weighted by Crippen LogP contribution is -2.59. The van der Waals surface area contributed by atoms with Gasteiger partial charge in [0.2, 0.25) is 23.6 Å². The van der Waals surface area contributed by atoms with E-state index in [-0.39, 0.29) is 18.3 Å². The van der Waals surface area contributed by atoms with Gasteiger partial charge < -0.3 is 37.6 Å². The van der Waals surface area contributed by atoms with E-state index in [1.54, 1.807) is 27.7 Å². The Labute approximate surface area is 175 Å². The lowest BCUT2D eigenvalue weighted by atomic mass is 10.0. The molecule has 0 spiro atoms. The van der Waals surface area contributed by atoms with Crippen LogP contribution in [-0.4, -0.2) is 70.6 Å². The SMILES string of the molecule is CC(C)CC(NC(=O)C(CO)NC(=O)C(CC(N)=O)NC(=O)C(N)C(C)C)C(=O)O. The minimum atomic E-state index is -1.50. The highest BCUT2D eigenvalue weighted by Crippen LogP contribution is 2.06. The summed E-state index contributed by atoms with van der Waals surface area (Å²) in [5, 5.41) is 25.4. The first-order valence-electron chi connectivity index (χ1n) is 9.58. The number of nitrogens with two attached hydrogens (primary N) is 2. The van der Waals surface area contributed by atoms with Gasteiger partial charge in [0, 0.05) is 0 Å². The van der Waals surface area contributed by atoms with E-state index >= 15 is 0 Å². The molecule has 0 rings (SSSR count). The quantitative estimate of drug-likeness (QED) is 0.164. The molecule has 0 radical (unpaired) electrons. The summed E-state index contributed by atoms with van der Waals surface area (Å²) in [6.45, 7) is 6.08. The molecule has 12 heteroatoms. The van der Waals surface area contributed by atoms with Crippen LogP contribution in [0.15, 0.2) is 0 Å². The van der Waals surface area contributed by atoms with Crippen LogP contribution >= 0.6 is 0 Å². The van der Waals surface area contributed by atoms with Gasteiger partial charge in [-0.25, -0.2) is 4.79 Å². The molecule has 0 aliphatic carbocycles. The number of carboxylic acid groups (broad SMARTS) is 1. The van der Waals surface area contributed by atoms with Crippen LogP contribution in [0, 0.1) is 11.8 Å². The third-order valence-corrected chi connectivity index (χ3v) is 4.20. The summed E-state index contributed by atoms with van der Waals surface area (Å²) < 4.78 is 0. The Bertz CT molecular complexity index is 638. The van der Waals surface area contributed by atoms with Crippen molar-refractivity contribution in [2.75, 3.05) is 6.61 Å². The van der Waals surface area contributed by atoms with Crippen molar-refractivity contribution in [3.8, 4) is 0 Å². The number of aliphatic hydroxyl groups is 1. The van der Waals surface area contributed by atoms with Crippen molar-refractivity contribution >= 4 is 29.6 Å². The first-order chi connectivity index (χ1) is 13.8. The molecule has 0 aromatic heterocycles. The molecule has 172 valence electrons.